The first-order chi connectivity index (χ1) is 8.08. The number of hydrogen-bond acceptors (Lipinski definition) is 3. The Labute approximate surface area is 102 Å². The van der Waals surface area contributed by atoms with Gasteiger partial charge in [-0.25, -0.2) is 0 Å². The van der Waals surface area contributed by atoms with E-state index in [1.807, 2.05) is 26.0 Å². The van der Waals surface area contributed by atoms with Crippen molar-refractivity contribution in [3.8, 4) is 11.5 Å². The lowest BCUT2D eigenvalue weighted by Gasteiger charge is -2.04. The average molecular weight is 230 g/mol. The van der Waals surface area contributed by atoms with Crippen LogP contribution >= 0.6 is 0 Å². The second-order valence-corrected chi connectivity index (χ2v) is 4.88. The molecular formula is C14H18N2O. The molecule has 0 saturated carbocycles. The normalized spacial score (nSPS) is 11.4. The fraction of sp³-hybridized carbons (Fsp3) is 0.429. The highest BCUT2D eigenvalue weighted by atomic mass is 16.4. The van der Waals surface area contributed by atoms with Crippen molar-refractivity contribution < 1.29 is 4.42 Å². The number of aromatic nitrogens is 2. The SMILES string of the molecule is CC(C)c1ccc(-c2nnc(C(C)C)o2)cc1. The first-order valence-electron chi connectivity index (χ1n) is 6.01. The molecule has 3 heteroatoms. The standard InChI is InChI=1S/C14H18N2O/c1-9(2)11-5-7-12(8-6-11)14-16-15-13(17-14)10(3)4/h5-10H,1-4H3. The molecule has 2 aromatic rings. The average Bonchev–Trinajstić information content (AvgIpc) is 2.78. The molecule has 0 aliphatic heterocycles. The minimum Gasteiger partial charge on any atom is -0.420 e. The molecule has 1 aromatic carbocycles. The number of benzene rings is 1. The summed E-state index contributed by atoms with van der Waals surface area (Å²) in [6.07, 6.45) is 0. The molecule has 0 fully saturated rings. The maximum Gasteiger partial charge on any atom is 0.247 e. The van der Waals surface area contributed by atoms with Gasteiger partial charge in [-0.2, -0.15) is 0 Å². The second-order valence-electron chi connectivity index (χ2n) is 4.88. The van der Waals surface area contributed by atoms with Crippen molar-refractivity contribution >= 4 is 0 Å². The first-order valence-corrected chi connectivity index (χ1v) is 6.01. The van der Waals surface area contributed by atoms with E-state index in [-0.39, 0.29) is 5.92 Å². The predicted octanol–water partition coefficient (Wildman–Crippen LogP) is 3.98. The predicted molar refractivity (Wildman–Crippen MR) is 67.9 cm³/mol. The van der Waals surface area contributed by atoms with E-state index < -0.39 is 0 Å². The Morgan fingerprint density at radius 3 is 2.00 bits per heavy atom. The zero-order valence-corrected chi connectivity index (χ0v) is 10.8. The molecule has 2 rings (SSSR count). The van der Waals surface area contributed by atoms with Crippen LogP contribution in [-0.4, -0.2) is 10.2 Å². The van der Waals surface area contributed by atoms with E-state index in [1.165, 1.54) is 5.56 Å². The summed E-state index contributed by atoms with van der Waals surface area (Å²) in [7, 11) is 0. The Morgan fingerprint density at radius 2 is 1.53 bits per heavy atom. The van der Waals surface area contributed by atoms with Crippen LogP contribution < -0.4 is 0 Å². The zero-order valence-electron chi connectivity index (χ0n) is 10.8. The van der Waals surface area contributed by atoms with Gasteiger partial charge in [0.05, 0.1) is 0 Å². The van der Waals surface area contributed by atoms with Gasteiger partial charge >= 0.3 is 0 Å². The molecule has 0 unspecified atom stereocenters. The third-order valence-electron chi connectivity index (χ3n) is 2.76. The molecule has 90 valence electrons. The van der Waals surface area contributed by atoms with Gasteiger partial charge in [-0.3, -0.25) is 0 Å². The van der Waals surface area contributed by atoms with Crippen LogP contribution in [0.25, 0.3) is 11.5 Å². The summed E-state index contributed by atoms with van der Waals surface area (Å²) in [6.45, 7) is 8.44. The van der Waals surface area contributed by atoms with Crippen LogP contribution in [0.15, 0.2) is 28.7 Å². The molecule has 0 saturated heterocycles. The topological polar surface area (TPSA) is 38.9 Å². The van der Waals surface area contributed by atoms with Crippen molar-refractivity contribution in [1.29, 1.82) is 0 Å². The van der Waals surface area contributed by atoms with Crippen molar-refractivity contribution in [2.24, 2.45) is 0 Å². The zero-order chi connectivity index (χ0) is 12.4. The minimum absolute atomic E-state index is 0.270. The molecular weight excluding hydrogens is 212 g/mol. The molecule has 3 nitrogen and oxygen atoms in total. The minimum atomic E-state index is 0.270. The van der Waals surface area contributed by atoms with Gasteiger partial charge in [-0.05, 0) is 23.6 Å². The van der Waals surface area contributed by atoms with E-state index in [9.17, 15) is 0 Å². The van der Waals surface area contributed by atoms with Crippen LogP contribution in [0, 0.1) is 0 Å². The molecule has 0 atom stereocenters. The quantitative estimate of drug-likeness (QED) is 0.800. The van der Waals surface area contributed by atoms with Crippen LogP contribution in [0.4, 0.5) is 0 Å². The lowest BCUT2D eigenvalue weighted by atomic mass is 10.0. The fourth-order valence-electron chi connectivity index (χ4n) is 1.60. The molecule has 0 aliphatic carbocycles. The molecule has 0 aliphatic rings. The summed E-state index contributed by atoms with van der Waals surface area (Å²) < 4.78 is 5.61. The van der Waals surface area contributed by atoms with E-state index in [1.54, 1.807) is 0 Å². The lowest BCUT2D eigenvalue weighted by Crippen LogP contribution is -1.86. The van der Waals surface area contributed by atoms with Crippen LogP contribution in [0.2, 0.25) is 0 Å². The molecule has 0 spiro atoms. The van der Waals surface area contributed by atoms with Gasteiger partial charge < -0.3 is 4.42 Å². The van der Waals surface area contributed by atoms with Crippen LogP contribution in [0.1, 0.15) is 51.0 Å². The number of nitrogens with zero attached hydrogens (tertiary/aromatic N) is 2. The molecule has 1 aromatic heterocycles. The Balaban J connectivity index is 2.27. The second kappa shape index (κ2) is 4.70. The largest absolute Gasteiger partial charge is 0.420 e. The van der Waals surface area contributed by atoms with Crippen molar-refractivity contribution in [2.75, 3.05) is 0 Å². The molecule has 1 heterocycles. The Hall–Kier alpha value is -1.64. The van der Waals surface area contributed by atoms with Gasteiger partial charge in [0.1, 0.15) is 0 Å². The van der Waals surface area contributed by atoms with Crippen molar-refractivity contribution in [3.05, 3.63) is 35.7 Å². The van der Waals surface area contributed by atoms with Gasteiger partial charge in [-0.15, -0.1) is 10.2 Å². The van der Waals surface area contributed by atoms with E-state index in [0.717, 1.165) is 5.56 Å². The van der Waals surface area contributed by atoms with E-state index in [0.29, 0.717) is 17.7 Å². The van der Waals surface area contributed by atoms with Crippen molar-refractivity contribution in [2.45, 2.75) is 39.5 Å². The number of rotatable bonds is 3. The Bertz CT molecular complexity index is 483. The van der Waals surface area contributed by atoms with E-state index >= 15 is 0 Å². The van der Waals surface area contributed by atoms with Crippen molar-refractivity contribution in [1.82, 2.24) is 10.2 Å². The maximum absolute atomic E-state index is 5.61. The Kier molecular flexibility index (Phi) is 3.27. The summed E-state index contributed by atoms with van der Waals surface area (Å²) in [5.41, 5.74) is 2.30. The Morgan fingerprint density at radius 1 is 0.882 bits per heavy atom. The number of hydrogen-bond donors (Lipinski definition) is 0. The highest BCUT2D eigenvalue weighted by Gasteiger charge is 2.11. The first kappa shape index (κ1) is 11.8. The fourth-order valence-corrected chi connectivity index (χ4v) is 1.60. The molecule has 0 amide bonds. The summed E-state index contributed by atoms with van der Waals surface area (Å²) in [5, 5.41) is 8.10. The van der Waals surface area contributed by atoms with E-state index in [2.05, 4.69) is 36.2 Å². The third kappa shape index (κ3) is 2.54. The van der Waals surface area contributed by atoms with Crippen LogP contribution in [0.3, 0.4) is 0 Å². The van der Waals surface area contributed by atoms with E-state index in [4.69, 9.17) is 4.42 Å². The van der Waals surface area contributed by atoms with Crippen LogP contribution in [-0.2, 0) is 0 Å². The van der Waals surface area contributed by atoms with Crippen LogP contribution in [0.5, 0.6) is 0 Å². The summed E-state index contributed by atoms with van der Waals surface area (Å²) in [5.74, 6) is 2.10. The van der Waals surface area contributed by atoms with Gasteiger partial charge in [0.15, 0.2) is 0 Å². The van der Waals surface area contributed by atoms with Gasteiger partial charge in [0.25, 0.3) is 0 Å². The smallest absolute Gasteiger partial charge is 0.247 e. The molecule has 17 heavy (non-hydrogen) atoms. The third-order valence-corrected chi connectivity index (χ3v) is 2.76. The highest BCUT2D eigenvalue weighted by Crippen LogP contribution is 2.23. The van der Waals surface area contributed by atoms with Gasteiger partial charge in [0, 0.05) is 11.5 Å². The lowest BCUT2D eigenvalue weighted by molar-refractivity contribution is 0.481. The molecule has 0 bridgehead atoms. The van der Waals surface area contributed by atoms with Gasteiger partial charge in [-0.1, -0.05) is 39.8 Å². The highest BCUT2D eigenvalue weighted by molar-refractivity contribution is 5.53. The maximum atomic E-state index is 5.61. The summed E-state index contributed by atoms with van der Waals surface area (Å²) in [4.78, 5) is 0. The monoisotopic (exact) mass is 230 g/mol. The molecule has 0 radical (unpaired) electrons. The van der Waals surface area contributed by atoms with Crippen molar-refractivity contribution in [3.63, 3.8) is 0 Å². The molecule has 0 N–H and O–H groups in total. The summed E-state index contributed by atoms with van der Waals surface area (Å²) >= 11 is 0. The van der Waals surface area contributed by atoms with Gasteiger partial charge in [0.2, 0.25) is 11.8 Å². The summed E-state index contributed by atoms with van der Waals surface area (Å²) in [6, 6.07) is 8.29.